The zero-order valence-corrected chi connectivity index (χ0v) is 9.03. The lowest BCUT2D eigenvalue weighted by molar-refractivity contribution is 0.0697. The lowest BCUT2D eigenvalue weighted by Crippen LogP contribution is -2.29. The molecule has 1 spiro atoms. The molecule has 0 aromatic heterocycles. The van der Waals surface area contributed by atoms with E-state index >= 15 is 0 Å². The van der Waals surface area contributed by atoms with Crippen molar-refractivity contribution in [1.29, 1.82) is 0 Å². The van der Waals surface area contributed by atoms with E-state index in [1.54, 1.807) is 18.2 Å². The third-order valence-corrected chi connectivity index (χ3v) is 3.66. The van der Waals surface area contributed by atoms with Gasteiger partial charge in [-0.2, -0.15) is 0 Å². The Balaban J connectivity index is 1.94. The van der Waals surface area contributed by atoms with E-state index < -0.39 is 5.97 Å². The summed E-state index contributed by atoms with van der Waals surface area (Å²) in [4.78, 5) is 10.9. The number of aromatic carboxylic acids is 1. The van der Waals surface area contributed by atoms with Crippen molar-refractivity contribution in [2.24, 2.45) is 0 Å². The largest absolute Gasteiger partial charge is 0.487 e. The summed E-state index contributed by atoms with van der Waals surface area (Å²) in [5.74, 6) is 0.0158. The predicted octanol–water partition coefficient (Wildman–Crippen LogP) is 2.63. The van der Waals surface area contributed by atoms with Crippen LogP contribution in [-0.4, -0.2) is 16.7 Å². The molecule has 1 heterocycles. The zero-order chi connectivity index (χ0) is 11.2. The Labute approximate surface area is 94.0 Å². The Kier molecular flexibility index (Phi) is 1.96. The van der Waals surface area contributed by atoms with Gasteiger partial charge >= 0.3 is 5.97 Å². The lowest BCUT2D eigenvalue weighted by atomic mass is 9.95. The van der Waals surface area contributed by atoms with Crippen LogP contribution in [0.2, 0.25) is 0 Å². The Morgan fingerprint density at radius 3 is 2.75 bits per heavy atom. The van der Waals surface area contributed by atoms with Crippen molar-refractivity contribution < 1.29 is 14.6 Å². The van der Waals surface area contributed by atoms with Gasteiger partial charge in [0.05, 0.1) is 5.56 Å². The Bertz CT molecular complexity index is 444. The number of hydrogen-bond donors (Lipinski definition) is 1. The van der Waals surface area contributed by atoms with Crippen molar-refractivity contribution in [1.82, 2.24) is 0 Å². The highest BCUT2D eigenvalue weighted by Crippen LogP contribution is 2.44. The van der Waals surface area contributed by atoms with Crippen LogP contribution in [0.5, 0.6) is 5.75 Å². The van der Waals surface area contributed by atoms with Gasteiger partial charge in [-0.25, -0.2) is 4.79 Å². The fraction of sp³-hybridized carbons (Fsp3) is 0.462. The fourth-order valence-corrected chi connectivity index (χ4v) is 2.86. The van der Waals surface area contributed by atoms with Gasteiger partial charge < -0.3 is 9.84 Å². The van der Waals surface area contributed by atoms with E-state index in [0.717, 1.165) is 30.6 Å². The molecule has 1 aromatic carbocycles. The van der Waals surface area contributed by atoms with Crippen LogP contribution in [-0.2, 0) is 6.42 Å². The van der Waals surface area contributed by atoms with Crippen molar-refractivity contribution in [2.75, 3.05) is 0 Å². The molecule has 0 amide bonds. The van der Waals surface area contributed by atoms with E-state index in [1.807, 2.05) is 0 Å². The van der Waals surface area contributed by atoms with Crippen molar-refractivity contribution in [3.63, 3.8) is 0 Å². The molecule has 0 atom stereocenters. The maximum atomic E-state index is 10.9. The van der Waals surface area contributed by atoms with Gasteiger partial charge in [0.25, 0.3) is 0 Å². The average molecular weight is 218 g/mol. The molecule has 0 radical (unpaired) electrons. The number of carboxylic acids is 1. The number of hydrogen-bond acceptors (Lipinski definition) is 2. The van der Waals surface area contributed by atoms with Crippen LogP contribution in [0, 0.1) is 0 Å². The van der Waals surface area contributed by atoms with Gasteiger partial charge in [0.1, 0.15) is 11.4 Å². The summed E-state index contributed by atoms with van der Waals surface area (Å²) in [6.45, 7) is 0. The number of fused-ring (bicyclic) bond motifs is 1. The minimum absolute atomic E-state index is 0.0144. The topological polar surface area (TPSA) is 46.5 Å². The Morgan fingerprint density at radius 1 is 1.31 bits per heavy atom. The molecule has 16 heavy (non-hydrogen) atoms. The SMILES string of the molecule is O=C(O)c1ccc2c(c1)CC1(CCCC1)O2. The van der Waals surface area contributed by atoms with Crippen LogP contribution in [0.3, 0.4) is 0 Å². The first-order valence-electron chi connectivity index (χ1n) is 5.74. The molecular formula is C13H14O3. The summed E-state index contributed by atoms with van der Waals surface area (Å²) in [5, 5.41) is 8.93. The van der Waals surface area contributed by atoms with E-state index in [9.17, 15) is 4.79 Å². The number of carboxylic acid groups (broad SMARTS) is 1. The van der Waals surface area contributed by atoms with Crippen LogP contribution in [0.1, 0.15) is 41.6 Å². The molecule has 0 bridgehead atoms. The number of rotatable bonds is 1. The molecule has 0 unspecified atom stereocenters. The molecule has 3 rings (SSSR count). The molecule has 1 aliphatic heterocycles. The Morgan fingerprint density at radius 2 is 2.06 bits per heavy atom. The highest BCUT2D eigenvalue weighted by Gasteiger charge is 2.41. The predicted molar refractivity (Wildman–Crippen MR) is 58.9 cm³/mol. The lowest BCUT2D eigenvalue weighted by Gasteiger charge is -2.22. The van der Waals surface area contributed by atoms with E-state index in [2.05, 4.69) is 0 Å². The van der Waals surface area contributed by atoms with E-state index in [1.165, 1.54) is 12.8 Å². The van der Waals surface area contributed by atoms with Crippen molar-refractivity contribution >= 4 is 5.97 Å². The van der Waals surface area contributed by atoms with Gasteiger partial charge in [-0.1, -0.05) is 0 Å². The summed E-state index contributed by atoms with van der Waals surface area (Å²) in [6.07, 6.45) is 5.52. The molecule has 84 valence electrons. The number of carbonyl (C=O) groups is 1. The summed E-state index contributed by atoms with van der Waals surface area (Å²) < 4.78 is 6.00. The van der Waals surface area contributed by atoms with Crippen LogP contribution in [0.25, 0.3) is 0 Å². The molecule has 1 fully saturated rings. The first-order valence-corrected chi connectivity index (χ1v) is 5.74. The molecule has 2 aliphatic rings. The van der Waals surface area contributed by atoms with Gasteiger partial charge in [0, 0.05) is 6.42 Å². The highest BCUT2D eigenvalue weighted by atomic mass is 16.5. The van der Waals surface area contributed by atoms with Crippen LogP contribution >= 0.6 is 0 Å². The fourth-order valence-electron chi connectivity index (χ4n) is 2.86. The van der Waals surface area contributed by atoms with Crippen molar-refractivity contribution in [2.45, 2.75) is 37.7 Å². The van der Waals surface area contributed by atoms with Gasteiger partial charge in [0.2, 0.25) is 0 Å². The second kappa shape index (κ2) is 3.24. The van der Waals surface area contributed by atoms with Gasteiger partial charge in [-0.05, 0) is 49.4 Å². The third kappa shape index (κ3) is 1.39. The molecular weight excluding hydrogens is 204 g/mol. The first kappa shape index (κ1) is 9.70. The third-order valence-electron chi connectivity index (χ3n) is 3.66. The number of ether oxygens (including phenoxy) is 1. The quantitative estimate of drug-likeness (QED) is 0.788. The normalized spacial score (nSPS) is 20.8. The second-order valence-electron chi connectivity index (χ2n) is 4.80. The van der Waals surface area contributed by atoms with Crippen molar-refractivity contribution in [3.8, 4) is 5.75 Å². The smallest absolute Gasteiger partial charge is 0.335 e. The Hall–Kier alpha value is -1.51. The standard InChI is InChI=1S/C13H14O3/c14-12(15)9-3-4-11-10(7-9)8-13(16-11)5-1-2-6-13/h3-4,7H,1-2,5-6,8H2,(H,14,15). The minimum atomic E-state index is -0.866. The molecule has 1 aliphatic carbocycles. The van der Waals surface area contributed by atoms with E-state index in [4.69, 9.17) is 9.84 Å². The maximum absolute atomic E-state index is 10.9. The molecule has 1 saturated carbocycles. The first-order chi connectivity index (χ1) is 7.69. The maximum Gasteiger partial charge on any atom is 0.335 e. The molecule has 1 aromatic rings. The van der Waals surface area contributed by atoms with Gasteiger partial charge in [-0.15, -0.1) is 0 Å². The van der Waals surface area contributed by atoms with Crippen LogP contribution in [0.4, 0.5) is 0 Å². The average Bonchev–Trinajstić information content (AvgIpc) is 2.84. The molecule has 3 nitrogen and oxygen atoms in total. The zero-order valence-electron chi connectivity index (χ0n) is 9.03. The summed E-state index contributed by atoms with van der Waals surface area (Å²) in [5.41, 5.74) is 1.40. The molecule has 0 saturated heterocycles. The highest BCUT2D eigenvalue weighted by molar-refractivity contribution is 5.88. The van der Waals surface area contributed by atoms with Gasteiger partial charge in [-0.3, -0.25) is 0 Å². The van der Waals surface area contributed by atoms with Crippen LogP contribution in [0.15, 0.2) is 18.2 Å². The second-order valence-corrected chi connectivity index (χ2v) is 4.80. The number of benzene rings is 1. The van der Waals surface area contributed by atoms with Crippen LogP contribution < -0.4 is 4.74 Å². The summed E-state index contributed by atoms with van der Waals surface area (Å²) in [6, 6.07) is 5.17. The van der Waals surface area contributed by atoms with Gasteiger partial charge in [0.15, 0.2) is 0 Å². The monoisotopic (exact) mass is 218 g/mol. The van der Waals surface area contributed by atoms with E-state index in [0.29, 0.717) is 5.56 Å². The minimum Gasteiger partial charge on any atom is -0.487 e. The van der Waals surface area contributed by atoms with E-state index in [-0.39, 0.29) is 5.60 Å². The summed E-state index contributed by atoms with van der Waals surface area (Å²) >= 11 is 0. The summed E-state index contributed by atoms with van der Waals surface area (Å²) in [7, 11) is 0. The van der Waals surface area contributed by atoms with Crippen molar-refractivity contribution in [3.05, 3.63) is 29.3 Å². The molecule has 3 heteroatoms. The molecule has 1 N–H and O–H groups in total.